The minimum atomic E-state index is -4.58. The molecule has 2 rings (SSSR count). The molecule has 0 aliphatic rings. The number of hydrogen-bond donors (Lipinski definition) is 3. The van der Waals surface area contributed by atoms with E-state index in [0.29, 0.717) is 16.8 Å². The van der Waals surface area contributed by atoms with Gasteiger partial charge in [0.2, 0.25) is 5.91 Å². The van der Waals surface area contributed by atoms with Crippen LogP contribution in [0.5, 0.6) is 0 Å². The van der Waals surface area contributed by atoms with E-state index < -0.39 is 27.8 Å². The number of nitrogens with one attached hydrogen (secondary N) is 3. The molecule has 3 N–H and O–H groups in total. The lowest BCUT2D eigenvalue weighted by Gasteiger charge is -2.14. The highest BCUT2D eigenvalue weighted by molar-refractivity contribution is 7.95. The summed E-state index contributed by atoms with van der Waals surface area (Å²) in [7, 11) is -3.60. The van der Waals surface area contributed by atoms with E-state index in [1.165, 1.54) is 30.4 Å². The molecule has 0 atom stereocenters. The molecule has 2 aromatic rings. The number of hydrogen-bond acceptors (Lipinski definition) is 5. The zero-order valence-electron chi connectivity index (χ0n) is 17.4. The summed E-state index contributed by atoms with van der Waals surface area (Å²) in [6.07, 6.45) is -2.00. The Bertz CT molecular complexity index is 1100. The predicted octanol–water partition coefficient (Wildman–Crippen LogP) is 4.14. The monoisotopic (exact) mass is 468 g/mol. The van der Waals surface area contributed by atoms with Gasteiger partial charge >= 0.3 is 6.18 Å². The zero-order chi connectivity index (χ0) is 23.9. The van der Waals surface area contributed by atoms with Crippen molar-refractivity contribution in [1.82, 2.24) is 10.3 Å². The van der Waals surface area contributed by atoms with Crippen LogP contribution in [0.15, 0.2) is 54.5 Å². The Morgan fingerprint density at radius 1 is 1.16 bits per heavy atom. The fourth-order valence-corrected chi connectivity index (χ4v) is 3.01. The van der Waals surface area contributed by atoms with Crippen molar-refractivity contribution in [3.63, 3.8) is 0 Å². The van der Waals surface area contributed by atoms with Gasteiger partial charge in [-0.05, 0) is 49.8 Å². The molecule has 172 valence electrons. The van der Waals surface area contributed by atoms with Crippen molar-refractivity contribution in [2.45, 2.75) is 32.6 Å². The fraction of sp³-hybridized carbons (Fsp3) is 0.238. The Morgan fingerprint density at radius 3 is 2.38 bits per heavy atom. The van der Waals surface area contributed by atoms with Gasteiger partial charge in [0.1, 0.15) is 11.5 Å². The summed E-state index contributed by atoms with van der Waals surface area (Å²) >= 11 is 0. The van der Waals surface area contributed by atoms with Crippen molar-refractivity contribution < 1.29 is 26.4 Å². The van der Waals surface area contributed by atoms with Gasteiger partial charge in [0.25, 0.3) is 10.0 Å². The van der Waals surface area contributed by atoms with Crippen molar-refractivity contribution in [3.05, 3.63) is 71.3 Å². The van der Waals surface area contributed by atoms with Crippen LogP contribution in [0.25, 0.3) is 6.08 Å². The van der Waals surface area contributed by atoms with E-state index in [2.05, 4.69) is 26.9 Å². The second kappa shape index (κ2) is 10.3. The van der Waals surface area contributed by atoms with Crippen LogP contribution in [-0.4, -0.2) is 25.4 Å². The molecule has 0 spiro atoms. The highest BCUT2D eigenvalue weighted by Gasteiger charge is 2.33. The van der Waals surface area contributed by atoms with Crippen LogP contribution in [0.2, 0.25) is 0 Å². The summed E-state index contributed by atoms with van der Waals surface area (Å²) in [5.41, 5.74) is 0.369. The van der Waals surface area contributed by atoms with Crippen molar-refractivity contribution in [2.75, 3.05) is 10.0 Å². The molecule has 1 aromatic heterocycles. The number of pyridine rings is 1. The molecule has 1 amide bonds. The lowest BCUT2D eigenvalue weighted by molar-refractivity contribution is -0.141. The molecule has 11 heteroatoms. The summed E-state index contributed by atoms with van der Waals surface area (Å²) in [6.45, 7) is 6.89. The molecule has 1 aromatic carbocycles. The number of sulfonamides is 1. The van der Waals surface area contributed by atoms with Gasteiger partial charge in [-0.1, -0.05) is 18.7 Å². The average Bonchev–Trinajstić information content (AvgIpc) is 2.71. The third-order valence-corrected chi connectivity index (χ3v) is 4.92. The summed E-state index contributed by atoms with van der Waals surface area (Å²) in [4.78, 5) is 15.7. The van der Waals surface area contributed by atoms with Crippen LogP contribution in [0.3, 0.4) is 0 Å². The minimum Gasteiger partial charge on any atom is -0.367 e. The molecule has 1 heterocycles. The van der Waals surface area contributed by atoms with Crippen LogP contribution in [0.4, 0.5) is 24.7 Å². The first kappa shape index (κ1) is 24.9. The van der Waals surface area contributed by atoms with Crippen molar-refractivity contribution in [2.24, 2.45) is 0 Å². The van der Waals surface area contributed by atoms with E-state index >= 15 is 0 Å². The van der Waals surface area contributed by atoms with E-state index in [4.69, 9.17) is 0 Å². The first-order valence-corrected chi connectivity index (χ1v) is 11.0. The van der Waals surface area contributed by atoms with Crippen molar-refractivity contribution in [3.8, 4) is 0 Å². The molecule has 0 saturated carbocycles. The van der Waals surface area contributed by atoms with Crippen LogP contribution < -0.4 is 15.4 Å². The highest BCUT2D eigenvalue weighted by Crippen LogP contribution is 2.30. The standard InChI is InChI=1S/C21H23F3N4O3S/c1-4-32(30,31)28-17-9-5-15(6-10-17)13-25-19(29)12-8-16-7-11-18(21(22,23)24)27-20(16)26-14(2)3/h4-12,14,28H,1,13H2,2-3H3,(H,25,29)(H,26,27). The van der Waals surface area contributed by atoms with E-state index in [0.717, 1.165) is 11.5 Å². The topological polar surface area (TPSA) is 100 Å². The largest absolute Gasteiger partial charge is 0.433 e. The van der Waals surface area contributed by atoms with Crippen LogP contribution in [0, 0.1) is 0 Å². The lowest BCUT2D eigenvalue weighted by Crippen LogP contribution is -2.20. The minimum absolute atomic E-state index is 0.0245. The molecule has 0 aliphatic carbocycles. The second-order valence-corrected chi connectivity index (χ2v) is 8.62. The van der Waals surface area contributed by atoms with Crippen LogP contribution in [0.1, 0.15) is 30.7 Å². The van der Waals surface area contributed by atoms with E-state index in [9.17, 15) is 26.4 Å². The molecule has 0 saturated heterocycles. The van der Waals surface area contributed by atoms with Crippen LogP contribution in [-0.2, 0) is 27.5 Å². The maximum absolute atomic E-state index is 12.9. The first-order valence-electron chi connectivity index (χ1n) is 9.44. The van der Waals surface area contributed by atoms with Gasteiger partial charge in [0.15, 0.2) is 0 Å². The molecule has 32 heavy (non-hydrogen) atoms. The van der Waals surface area contributed by atoms with Crippen molar-refractivity contribution in [1.29, 1.82) is 0 Å². The summed E-state index contributed by atoms with van der Waals surface area (Å²) < 4.78 is 64.0. The second-order valence-electron chi connectivity index (χ2n) is 6.99. The van der Waals surface area contributed by atoms with Gasteiger partial charge in [-0.15, -0.1) is 0 Å². The van der Waals surface area contributed by atoms with Gasteiger partial charge in [0, 0.05) is 35.3 Å². The molecule has 0 aliphatic heterocycles. The number of rotatable bonds is 9. The molecule has 0 bridgehead atoms. The molecule has 0 radical (unpaired) electrons. The van der Waals surface area contributed by atoms with Gasteiger partial charge in [-0.2, -0.15) is 13.2 Å². The number of carbonyl (C=O) groups excluding carboxylic acids is 1. The smallest absolute Gasteiger partial charge is 0.367 e. The highest BCUT2D eigenvalue weighted by atomic mass is 32.2. The molecular weight excluding hydrogens is 445 g/mol. The SMILES string of the molecule is C=CS(=O)(=O)Nc1ccc(CNC(=O)C=Cc2ccc(C(F)(F)F)nc2NC(C)C)cc1. The fourth-order valence-electron chi connectivity index (χ4n) is 2.46. The van der Waals surface area contributed by atoms with Gasteiger partial charge < -0.3 is 10.6 Å². The normalized spacial score (nSPS) is 12.1. The van der Waals surface area contributed by atoms with Gasteiger partial charge in [-0.3, -0.25) is 9.52 Å². The zero-order valence-corrected chi connectivity index (χ0v) is 18.2. The number of aromatic nitrogens is 1. The third kappa shape index (κ3) is 7.73. The number of amides is 1. The Kier molecular flexibility index (Phi) is 8.03. The molecule has 0 unspecified atom stereocenters. The Labute approximate surface area is 184 Å². The number of carbonyl (C=O) groups is 1. The molecular formula is C21H23F3N4O3S. The summed E-state index contributed by atoms with van der Waals surface area (Å²) in [5, 5.41) is 6.28. The van der Waals surface area contributed by atoms with Gasteiger partial charge in [0.05, 0.1) is 0 Å². The Balaban J connectivity index is 2.03. The molecule has 0 fully saturated rings. The quantitative estimate of drug-likeness (QED) is 0.481. The molecule has 7 nitrogen and oxygen atoms in total. The number of halogens is 3. The number of anilines is 2. The lowest BCUT2D eigenvalue weighted by atomic mass is 10.2. The maximum atomic E-state index is 12.9. The van der Waals surface area contributed by atoms with Gasteiger partial charge in [-0.25, -0.2) is 13.4 Å². The summed E-state index contributed by atoms with van der Waals surface area (Å²) in [5.74, 6) is -0.437. The van der Waals surface area contributed by atoms with E-state index in [1.807, 2.05) is 0 Å². The van der Waals surface area contributed by atoms with Crippen LogP contribution >= 0.6 is 0 Å². The third-order valence-electron chi connectivity index (χ3n) is 3.96. The average molecular weight is 469 g/mol. The number of nitrogens with zero attached hydrogens (tertiary/aromatic N) is 1. The van der Waals surface area contributed by atoms with Crippen molar-refractivity contribution >= 4 is 33.5 Å². The summed E-state index contributed by atoms with van der Waals surface area (Å²) in [6, 6.07) is 8.28. The number of alkyl halides is 3. The van der Waals surface area contributed by atoms with E-state index in [-0.39, 0.29) is 18.4 Å². The number of benzene rings is 1. The van der Waals surface area contributed by atoms with E-state index in [1.54, 1.807) is 26.0 Å². The maximum Gasteiger partial charge on any atom is 0.433 e. The first-order chi connectivity index (χ1) is 14.9. The predicted molar refractivity (Wildman–Crippen MR) is 118 cm³/mol. The Morgan fingerprint density at radius 2 is 1.81 bits per heavy atom. The Hall–Kier alpha value is -3.34.